The Morgan fingerprint density at radius 3 is 2.65 bits per heavy atom. The number of carboxylic acid groups (broad SMARTS) is 1. The Bertz CT molecular complexity index is 740. The molecule has 0 amide bonds. The molecule has 0 saturated heterocycles. The molecule has 1 aromatic heterocycles. The molecular formula is C14H10O2S. The van der Waals surface area contributed by atoms with Crippen molar-refractivity contribution in [3.05, 3.63) is 47.5 Å². The molecule has 2 aromatic carbocycles. The quantitative estimate of drug-likeness (QED) is 0.698. The van der Waals surface area contributed by atoms with Crippen molar-refractivity contribution in [3.8, 4) is 0 Å². The van der Waals surface area contributed by atoms with E-state index in [-0.39, 0.29) is 0 Å². The van der Waals surface area contributed by atoms with E-state index < -0.39 is 5.97 Å². The van der Waals surface area contributed by atoms with Gasteiger partial charge in [-0.2, -0.15) is 0 Å². The molecule has 0 spiro atoms. The second kappa shape index (κ2) is 3.57. The van der Waals surface area contributed by atoms with Crippen molar-refractivity contribution in [2.24, 2.45) is 0 Å². The zero-order valence-electron chi connectivity index (χ0n) is 9.23. The van der Waals surface area contributed by atoms with Gasteiger partial charge in [0.25, 0.3) is 0 Å². The fourth-order valence-corrected chi connectivity index (χ4v) is 3.36. The molecule has 17 heavy (non-hydrogen) atoms. The minimum absolute atomic E-state index is 0.393. The van der Waals surface area contributed by atoms with Crippen molar-refractivity contribution in [2.75, 3.05) is 0 Å². The lowest BCUT2D eigenvalue weighted by atomic mass is 10.0. The van der Waals surface area contributed by atoms with Gasteiger partial charge in [-0.25, -0.2) is 4.79 Å². The SMILES string of the molecule is Cc1c(C(=O)O)ccc2c1sc1ccccc12. The van der Waals surface area contributed by atoms with E-state index in [0.717, 1.165) is 15.6 Å². The van der Waals surface area contributed by atoms with Crippen LogP contribution in [0.15, 0.2) is 36.4 Å². The van der Waals surface area contributed by atoms with Crippen LogP contribution in [0.25, 0.3) is 20.2 Å². The highest BCUT2D eigenvalue weighted by Crippen LogP contribution is 2.36. The van der Waals surface area contributed by atoms with Crippen molar-refractivity contribution in [3.63, 3.8) is 0 Å². The maximum absolute atomic E-state index is 11.1. The minimum atomic E-state index is -0.859. The van der Waals surface area contributed by atoms with Crippen molar-refractivity contribution in [1.82, 2.24) is 0 Å². The average molecular weight is 242 g/mol. The standard InChI is InChI=1S/C14H10O2S/c1-8-9(14(15)16)6-7-11-10-4-2-3-5-12(10)17-13(8)11/h2-7H,1H3,(H,15,16). The Labute approximate surface area is 102 Å². The van der Waals surface area contributed by atoms with E-state index in [1.165, 1.54) is 10.1 Å². The highest BCUT2D eigenvalue weighted by molar-refractivity contribution is 7.26. The summed E-state index contributed by atoms with van der Waals surface area (Å²) in [5.74, 6) is -0.859. The number of hydrogen-bond acceptors (Lipinski definition) is 2. The number of fused-ring (bicyclic) bond motifs is 3. The zero-order valence-corrected chi connectivity index (χ0v) is 10.0. The normalized spacial score (nSPS) is 11.1. The van der Waals surface area contributed by atoms with E-state index in [9.17, 15) is 4.79 Å². The number of hydrogen-bond donors (Lipinski definition) is 1. The van der Waals surface area contributed by atoms with Crippen LogP contribution in [0, 0.1) is 6.92 Å². The van der Waals surface area contributed by atoms with E-state index >= 15 is 0 Å². The summed E-state index contributed by atoms with van der Waals surface area (Å²) in [5, 5.41) is 11.5. The van der Waals surface area contributed by atoms with Gasteiger partial charge < -0.3 is 5.11 Å². The molecule has 0 saturated carbocycles. The summed E-state index contributed by atoms with van der Waals surface area (Å²) >= 11 is 1.66. The van der Waals surface area contributed by atoms with Gasteiger partial charge in [-0.3, -0.25) is 0 Å². The highest BCUT2D eigenvalue weighted by atomic mass is 32.1. The lowest BCUT2D eigenvalue weighted by molar-refractivity contribution is 0.0696. The monoisotopic (exact) mass is 242 g/mol. The summed E-state index contributed by atoms with van der Waals surface area (Å²) in [7, 11) is 0. The number of aromatic carboxylic acids is 1. The Morgan fingerprint density at radius 2 is 1.88 bits per heavy atom. The van der Waals surface area contributed by atoms with Gasteiger partial charge in [0, 0.05) is 20.2 Å². The first kappa shape index (κ1) is 10.3. The van der Waals surface area contributed by atoms with E-state index in [2.05, 4.69) is 12.1 Å². The molecule has 0 fully saturated rings. The fourth-order valence-electron chi connectivity index (χ4n) is 2.16. The van der Waals surface area contributed by atoms with E-state index in [4.69, 9.17) is 5.11 Å². The molecule has 0 radical (unpaired) electrons. The Kier molecular flexibility index (Phi) is 2.16. The fraction of sp³-hybridized carbons (Fsp3) is 0.0714. The molecule has 0 aliphatic carbocycles. The molecule has 0 aliphatic heterocycles. The van der Waals surface area contributed by atoms with Crippen LogP contribution in [-0.4, -0.2) is 11.1 Å². The molecule has 0 unspecified atom stereocenters. The zero-order chi connectivity index (χ0) is 12.0. The highest BCUT2D eigenvalue weighted by Gasteiger charge is 2.13. The van der Waals surface area contributed by atoms with E-state index in [1.54, 1.807) is 17.4 Å². The molecule has 1 heterocycles. The van der Waals surface area contributed by atoms with Gasteiger partial charge in [-0.1, -0.05) is 24.3 Å². The van der Waals surface area contributed by atoms with Gasteiger partial charge >= 0.3 is 5.97 Å². The topological polar surface area (TPSA) is 37.3 Å². The minimum Gasteiger partial charge on any atom is -0.478 e. The van der Waals surface area contributed by atoms with Gasteiger partial charge in [-0.05, 0) is 24.6 Å². The largest absolute Gasteiger partial charge is 0.478 e. The molecule has 0 bridgehead atoms. The molecule has 0 atom stereocenters. The molecule has 2 nitrogen and oxygen atoms in total. The molecule has 3 aromatic rings. The molecule has 3 heteroatoms. The van der Waals surface area contributed by atoms with Gasteiger partial charge in [-0.15, -0.1) is 11.3 Å². The second-order valence-corrected chi connectivity index (χ2v) is 5.07. The molecular weight excluding hydrogens is 232 g/mol. The van der Waals surface area contributed by atoms with Crippen molar-refractivity contribution in [2.45, 2.75) is 6.92 Å². The molecule has 84 valence electrons. The maximum atomic E-state index is 11.1. The molecule has 0 aliphatic rings. The first-order chi connectivity index (χ1) is 8.18. The second-order valence-electron chi connectivity index (χ2n) is 4.02. The Balaban J connectivity index is 2.48. The van der Waals surface area contributed by atoms with Crippen LogP contribution < -0.4 is 0 Å². The predicted octanol–water partition coefficient (Wildman–Crippen LogP) is 4.06. The summed E-state index contributed by atoms with van der Waals surface area (Å²) in [4.78, 5) is 11.1. The van der Waals surface area contributed by atoms with Crippen molar-refractivity contribution in [1.29, 1.82) is 0 Å². The van der Waals surface area contributed by atoms with Crippen LogP contribution in [-0.2, 0) is 0 Å². The van der Waals surface area contributed by atoms with Crippen LogP contribution in [0.5, 0.6) is 0 Å². The van der Waals surface area contributed by atoms with Gasteiger partial charge in [0.15, 0.2) is 0 Å². The number of benzene rings is 2. The van der Waals surface area contributed by atoms with Crippen molar-refractivity contribution >= 4 is 37.5 Å². The van der Waals surface area contributed by atoms with Crippen LogP contribution in [0.3, 0.4) is 0 Å². The lowest BCUT2D eigenvalue weighted by Crippen LogP contribution is -1.98. The third-order valence-corrected chi connectivity index (χ3v) is 4.33. The summed E-state index contributed by atoms with van der Waals surface area (Å²) in [6, 6.07) is 11.8. The number of rotatable bonds is 1. The first-order valence-electron chi connectivity index (χ1n) is 5.32. The summed E-state index contributed by atoms with van der Waals surface area (Å²) in [6.07, 6.45) is 0. The van der Waals surface area contributed by atoms with Crippen molar-refractivity contribution < 1.29 is 9.90 Å². The summed E-state index contributed by atoms with van der Waals surface area (Å²) in [5.41, 5.74) is 1.25. The van der Waals surface area contributed by atoms with Gasteiger partial charge in [0.05, 0.1) is 5.56 Å². The lowest BCUT2D eigenvalue weighted by Gasteiger charge is -2.01. The smallest absolute Gasteiger partial charge is 0.336 e. The van der Waals surface area contributed by atoms with Crippen LogP contribution >= 0.6 is 11.3 Å². The predicted molar refractivity (Wildman–Crippen MR) is 71.0 cm³/mol. The third kappa shape index (κ3) is 1.43. The van der Waals surface area contributed by atoms with E-state index in [1.807, 2.05) is 25.1 Å². The molecule has 1 N–H and O–H groups in total. The van der Waals surface area contributed by atoms with Crippen LogP contribution in [0.2, 0.25) is 0 Å². The average Bonchev–Trinajstić information content (AvgIpc) is 2.69. The van der Waals surface area contributed by atoms with Crippen LogP contribution in [0.4, 0.5) is 0 Å². The molecule has 3 rings (SSSR count). The summed E-state index contributed by atoms with van der Waals surface area (Å²) in [6.45, 7) is 1.88. The maximum Gasteiger partial charge on any atom is 0.336 e. The van der Waals surface area contributed by atoms with E-state index in [0.29, 0.717) is 5.56 Å². The summed E-state index contributed by atoms with van der Waals surface area (Å²) < 4.78 is 2.28. The number of thiophene rings is 1. The number of aryl methyl sites for hydroxylation is 1. The first-order valence-corrected chi connectivity index (χ1v) is 6.14. The Morgan fingerprint density at radius 1 is 1.12 bits per heavy atom. The Hall–Kier alpha value is -1.87. The third-order valence-electron chi connectivity index (χ3n) is 3.03. The number of carbonyl (C=O) groups is 1. The number of carboxylic acids is 1. The van der Waals surface area contributed by atoms with Gasteiger partial charge in [0.1, 0.15) is 0 Å². The van der Waals surface area contributed by atoms with Crippen LogP contribution in [0.1, 0.15) is 15.9 Å². The van der Waals surface area contributed by atoms with Gasteiger partial charge in [0.2, 0.25) is 0 Å².